The van der Waals surface area contributed by atoms with Gasteiger partial charge in [0.2, 0.25) is 0 Å². The van der Waals surface area contributed by atoms with Crippen molar-refractivity contribution in [3.8, 4) is 0 Å². The number of halogens is 1. The predicted molar refractivity (Wildman–Crippen MR) is 121 cm³/mol. The number of thioether (sulfide) groups is 1. The fourth-order valence-corrected chi connectivity index (χ4v) is 4.09. The van der Waals surface area contributed by atoms with Crippen LogP contribution < -0.4 is 4.90 Å². The Hall–Kier alpha value is -3.35. The van der Waals surface area contributed by atoms with Crippen molar-refractivity contribution >= 4 is 57.9 Å². The number of carboxylic acid groups (broad SMARTS) is 1. The SMILES string of the molecule is O=C(O)c1cccc(N=C2S/C(=C\c3ccccc3Cl)C(=O)N2c2ccccc2)c1. The van der Waals surface area contributed by atoms with E-state index in [2.05, 4.69) is 4.99 Å². The molecule has 148 valence electrons. The van der Waals surface area contributed by atoms with E-state index < -0.39 is 5.97 Å². The molecule has 0 unspecified atom stereocenters. The number of rotatable bonds is 4. The van der Waals surface area contributed by atoms with Crippen LogP contribution in [0.5, 0.6) is 0 Å². The van der Waals surface area contributed by atoms with Crippen molar-refractivity contribution in [3.63, 3.8) is 0 Å². The number of amides is 1. The number of benzene rings is 3. The Balaban J connectivity index is 1.79. The molecule has 7 heteroatoms. The maximum Gasteiger partial charge on any atom is 0.335 e. The summed E-state index contributed by atoms with van der Waals surface area (Å²) in [7, 11) is 0. The van der Waals surface area contributed by atoms with Crippen molar-refractivity contribution < 1.29 is 14.7 Å². The average Bonchev–Trinajstić information content (AvgIpc) is 3.05. The lowest BCUT2D eigenvalue weighted by Gasteiger charge is -2.15. The average molecular weight is 435 g/mol. The third-order valence-electron chi connectivity index (χ3n) is 4.33. The molecular formula is C23H15ClN2O3S. The number of aromatic carboxylic acids is 1. The molecule has 3 aromatic rings. The second-order valence-electron chi connectivity index (χ2n) is 6.36. The van der Waals surface area contributed by atoms with Gasteiger partial charge in [0.05, 0.1) is 21.8 Å². The monoisotopic (exact) mass is 434 g/mol. The Bertz CT molecular complexity index is 1190. The Kier molecular flexibility index (Phi) is 5.70. The molecule has 0 aliphatic carbocycles. The zero-order chi connectivity index (χ0) is 21.1. The first-order valence-electron chi connectivity index (χ1n) is 8.98. The first-order chi connectivity index (χ1) is 14.5. The Morgan fingerprint density at radius 3 is 2.47 bits per heavy atom. The molecule has 0 radical (unpaired) electrons. The van der Waals surface area contributed by atoms with Gasteiger partial charge in [-0.25, -0.2) is 9.79 Å². The summed E-state index contributed by atoms with van der Waals surface area (Å²) >= 11 is 7.47. The number of aliphatic imine (C=N–C) groups is 1. The fourth-order valence-electron chi connectivity index (χ4n) is 2.91. The van der Waals surface area contributed by atoms with E-state index >= 15 is 0 Å². The van der Waals surface area contributed by atoms with Crippen LogP contribution in [-0.2, 0) is 4.79 Å². The van der Waals surface area contributed by atoms with Crippen molar-refractivity contribution in [1.82, 2.24) is 0 Å². The lowest BCUT2D eigenvalue weighted by molar-refractivity contribution is -0.113. The summed E-state index contributed by atoms with van der Waals surface area (Å²) in [4.78, 5) is 31.0. The minimum absolute atomic E-state index is 0.129. The van der Waals surface area contributed by atoms with Crippen LogP contribution >= 0.6 is 23.4 Å². The van der Waals surface area contributed by atoms with Crippen LogP contribution in [0.4, 0.5) is 11.4 Å². The molecule has 1 aliphatic heterocycles. The number of hydrogen-bond donors (Lipinski definition) is 1. The summed E-state index contributed by atoms with van der Waals surface area (Å²) in [6, 6.07) is 22.7. The van der Waals surface area contributed by atoms with Crippen LogP contribution in [0, 0.1) is 0 Å². The molecule has 0 atom stereocenters. The number of carbonyl (C=O) groups excluding carboxylic acids is 1. The highest BCUT2D eigenvalue weighted by molar-refractivity contribution is 8.19. The highest BCUT2D eigenvalue weighted by atomic mass is 35.5. The molecule has 1 saturated heterocycles. The van der Waals surface area contributed by atoms with Gasteiger partial charge in [0.25, 0.3) is 5.91 Å². The van der Waals surface area contributed by atoms with Crippen molar-refractivity contribution in [3.05, 3.63) is 99.9 Å². The summed E-state index contributed by atoms with van der Waals surface area (Å²) in [6.45, 7) is 0. The van der Waals surface area contributed by atoms with Gasteiger partial charge in [-0.3, -0.25) is 9.69 Å². The summed E-state index contributed by atoms with van der Waals surface area (Å²) in [6.07, 6.45) is 1.74. The van der Waals surface area contributed by atoms with Crippen LogP contribution in [0.1, 0.15) is 15.9 Å². The molecule has 1 aliphatic rings. The van der Waals surface area contributed by atoms with Crippen molar-refractivity contribution in [2.75, 3.05) is 4.90 Å². The molecule has 0 saturated carbocycles. The number of amidine groups is 1. The van der Waals surface area contributed by atoms with Crippen molar-refractivity contribution in [2.45, 2.75) is 0 Å². The molecule has 5 nitrogen and oxygen atoms in total. The molecule has 1 fully saturated rings. The van der Waals surface area contributed by atoms with Crippen LogP contribution in [0.15, 0.2) is 88.8 Å². The van der Waals surface area contributed by atoms with Gasteiger partial charge in [-0.2, -0.15) is 0 Å². The number of carboxylic acids is 1. The molecule has 1 N–H and O–H groups in total. The number of nitrogens with zero attached hydrogens (tertiary/aromatic N) is 2. The Morgan fingerprint density at radius 1 is 1.00 bits per heavy atom. The van der Waals surface area contributed by atoms with Gasteiger partial charge in [0.15, 0.2) is 5.17 Å². The highest BCUT2D eigenvalue weighted by Crippen LogP contribution is 2.38. The first-order valence-corrected chi connectivity index (χ1v) is 10.2. The normalized spacial score (nSPS) is 16.4. The minimum atomic E-state index is -1.04. The summed E-state index contributed by atoms with van der Waals surface area (Å²) in [5.41, 5.74) is 1.98. The second kappa shape index (κ2) is 8.57. The van der Waals surface area contributed by atoms with Gasteiger partial charge < -0.3 is 5.11 Å². The summed E-state index contributed by atoms with van der Waals surface area (Å²) < 4.78 is 0. The maximum absolute atomic E-state index is 13.2. The highest BCUT2D eigenvalue weighted by Gasteiger charge is 2.34. The molecular weight excluding hydrogens is 420 g/mol. The third-order valence-corrected chi connectivity index (χ3v) is 5.64. The summed E-state index contributed by atoms with van der Waals surface area (Å²) in [5, 5.41) is 10.2. The van der Waals surface area contributed by atoms with E-state index in [1.54, 1.807) is 24.3 Å². The molecule has 0 bridgehead atoms. The van der Waals surface area contributed by atoms with E-state index in [1.165, 1.54) is 28.8 Å². The smallest absolute Gasteiger partial charge is 0.335 e. The van der Waals surface area contributed by atoms with Gasteiger partial charge in [-0.1, -0.05) is 54.1 Å². The van der Waals surface area contributed by atoms with Gasteiger partial charge in [0.1, 0.15) is 0 Å². The zero-order valence-electron chi connectivity index (χ0n) is 15.5. The van der Waals surface area contributed by atoms with Gasteiger partial charge >= 0.3 is 5.97 Å². The lowest BCUT2D eigenvalue weighted by Crippen LogP contribution is -2.28. The van der Waals surface area contributed by atoms with Crippen molar-refractivity contribution in [2.24, 2.45) is 4.99 Å². The van der Waals surface area contributed by atoms with E-state index in [0.29, 0.717) is 26.5 Å². The van der Waals surface area contributed by atoms with Gasteiger partial charge in [-0.15, -0.1) is 0 Å². The van der Waals surface area contributed by atoms with E-state index in [0.717, 1.165) is 5.56 Å². The number of para-hydroxylation sites is 1. The third kappa shape index (κ3) is 4.15. The first kappa shape index (κ1) is 19.9. The topological polar surface area (TPSA) is 70.0 Å². The van der Waals surface area contributed by atoms with Gasteiger partial charge in [0, 0.05) is 5.02 Å². The van der Waals surface area contributed by atoms with Crippen LogP contribution in [0.3, 0.4) is 0 Å². The van der Waals surface area contributed by atoms with E-state index in [9.17, 15) is 14.7 Å². The number of hydrogen-bond acceptors (Lipinski definition) is 4. The van der Waals surface area contributed by atoms with Crippen LogP contribution in [-0.4, -0.2) is 22.2 Å². The quantitative estimate of drug-likeness (QED) is 0.523. The molecule has 1 amide bonds. The Morgan fingerprint density at radius 2 is 1.73 bits per heavy atom. The Labute approximate surface area is 182 Å². The minimum Gasteiger partial charge on any atom is -0.478 e. The molecule has 1 heterocycles. The largest absolute Gasteiger partial charge is 0.478 e. The number of carbonyl (C=O) groups is 2. The van der Waals surface area contributed by atoms with Crippen LogP contribution in [0.2, 0.25) is 5.02 Å². The van der Waals surface area contributed by atoms with E-state index in [-0.39, 0.29) is 11.5 Å². The molecule has 0 aromatic heterocycles. The summed E-state index contributed by atoms with van der Waals surface area (Å²) in [5.74, 6) is -1.26. The molecule has 30 heavy (non-hydrogen) atoms. The van der Waals surface area contributed by atoms with Crippen LogP contribution in [0.25, 0.3) is 6.08 Å². The second-order valence-corrected chi connectivity index (χ2v) is 7.77. The predicted octanol–water partition coefficient (Wildman–Crippen LogP) is 5.85. The van der Waals surface area contributed by atoms with Gasteiger partial charge in [-0.05, 0) is 59.8 Å². The lowest BCUT2D eigenvalue weighted by atomic mass is 10.2. The molecule has 3 aromatic carbocycles. The number of anilines is 1. The van der Waals surface area contributed by atoms with E-state index in [4.69, 9.17) is 11.6 Å². The zero-order valence-corrected chi connectivity index (χ0v) is 17.1. The van der Waals surface area contributed by atoms with Crippen molar-refractivity contribution in [1.29, 1.82) is 0 Å². The fraction of sp³-hybridized carbons (Fsp3) is 0. The molecule has 0 spiro atoms. The maximum atomic E-state index is 13.2. The standard InChI is InChI=1S/C23H15ClN2O3S/c24-19-12-5-4-7-15(19)14-20-21(27)26(18-10-2-1-3-11-18)23(30-20)25-17-9-6-8-16(13-17)22(28)29/h1-14H,(H,28,29)/b20-14-,25-23?. The van der Waals surface area contributed by atoms with E-state index in [1.807, 2.05) is 48.5 Å². The molecule has 4 rings (SSSR count).